The number of nitrogens with zero attached hydrogens (tertiary/aromatic N) is 5. The summed E-state index contributed by atoms with van der Waals surface area (Å²) >= 11 is 0. The van der Waals surface area contributed by atoms with Gasteiger partial charge in [0.15, 0.2) is 11.5 Å². The Balaban J connectivity index is 1.36. The molecule has 0 radical (unpaired) electrons. The number of aromatic nitrogens is 6. The van der Waals surface area contributed by atoms with Crippen LogP contribution < -0.4 is 10.6 Å². The number of pyridine rings is 2. The number of anilines is 2. The van der Waals surface area contributed by atoms with E-state index in [9.17, 15) is 9.18 Å². The van der Waals surface area contributed by atoms with Crippen LogP contribution in [0.15, 0.2) is 61.1 Å². The number of aromatic amines is 2. The van der Waals surface area contributed by atoms with Gasteiger partial charge in [-0.2, -0.15) is 5.10 Å². The Labute approximate surface area is 264 Å². The normalized spacial score (nSPS) is 11.9. The highest BCUT2D eigenvalue weighted by Crippen LogP contribution is 2.36. The van der Waals surface area contributed by atoms with Gasteiger partial charge in [-0.1, -0.05) is 20.8 Å². The molecule has 0 aliphatic rings. The van der Waals surface area contributed by atoms with Gasteiger partial charge in [0.1, 0.15) is 22.8 Å². The van der Waals surface area contributed by atoms with E-state index in [-0.39, 0.29) is 28.2 Å². The maximum Gasteiger partial charge on any atom is 0.224 e. The quantitative estimate of drug-likeness (QED) is 0.139. The predicted molar refractivity (Wildman–Crippen MR) is 177 cm³/mol. The number of halogens is 2. The van der Waals surface area contributed by atoms with Crippen molar-refractivity contribution in [2.45, 2.75) is 27.2 Å². The molecule has 0 saturated carbocycles. The summed E-state index contributed by atoms with van der Waals surface area (Å²) in [6.07, 6.45) is 5.02. The molecule has 4 aromatic heterocycles. The van der Waals surface area contributed by atoms with Crippen molar-refractivity contribution in [3.63, 3.8) is 0 Å². The van der Waals surface area contributed by atoms with E-state index in [4.69, 9.17) is 4.98 Å². The van der Waals surface area contributed by atoms with Crippen molar-refractivity contribution in [1.29, 1.82) is 0 Å². The number of likely N-dealkylation sites (N-methyl/N-ethyl adjacent to an activating group) is 1. The zero-order valence-corrected chi connectivity index (χ0v) is 26.3. The maximum absolute atomic E-state index is 16.3. The average Bonchev–Trinajstić information content (AvgIpc) is 3.61. The SMILES string of the molecule is CN(C)CCNc1cc(F)cc(-c2ccnc3[nH]c(-c4n[nH]c5ccc(-c6cncc(NC(=O)CC(C)(C)C)c6)c(F)c45)nc23)c1. The van der Waals surface area contributed by atoms with Crippen molar-refractivity contribution in [2.75, 3.05) is 37.8 Å². The summed E-state index contributed by atoms with van der Waals surface area (Å²) in [5.74, 6) is -0.744. The molecule has 4 heterocycles. The van der Waals surface area contributed by atoms with Crippen LogP contribution in [0.4, 0.5) is 20.2 Å². The molecule has 0 saturated heterocycles. The zero-order chi connectivity index (χ0) is 32.6. The minimum absolute atomic E-state index is 0.146. The molecule has 236 valence electrons. The van der Waals surface area contributed by atoms with Crippen LogP contribution in [0, 0.1) is 17.0 Å². The number of nitrogens with one attached hydrogen (secondary N) is 4. The molecule has 46 heavy (non-hydrogen) atoms. The van der Waals surface area contributed by atoms with Gasteiger partial charge < -0.3 is 20.5 Å². The summed E-state index contributed by atoms with van der Waals surface area (Å²) in [6.45, 7) is 7.39. The standard InChI is InChI=1S/C34H35F2N9O/c1-34(2,3)16-27(46)40-23-14-20(17-37-18-23)24-6-7-26-28(29(24)36)31(44-43-26)33-41-30-25(8-9-39-32(30)42-33)19-12-21(35)15-22(13-19)38-10-11-45(4)5/h6-9,12-15,17-18,38H,10-11,16H2,1-5H3,(H,40,46)(H,43,44)(H,39,41,42). The van der Waals surface area contributed by atoms with E-state index in [1.54, 1.807) is 36.7 Å². The van der Waals surface area contributed by atoms with Gasteiger partial charge in [0.05, 0.1) is 22.8 Å². The summed E-state index contributed by atoms with van der Waals surface area (Å²) < 4.78 is 31.0. The minimum atomic E-state index is -0.520. The third-order valence-corrected chi connectivity index (χ3v) is 7.40. The molecule has 0 bridgehead atoms. The van der Waals surface area contributed by atoms with Crippen molar-refractivity contribution in [3.05, 3.63) is 72.7 Å². The first-order chi connectivity index (χ1) is 21.9. The van der Waals surface area contributed by atoms with Crippen molar-refractivity contribution < 1.29 is 13.6 Å². The molecule has 0 unspecified atom stereocenters. The van der Waals surface area contributed by atoms with Gasteiger partial charge in [-0.3, -0.25) is 14.9 Å². The summed E-state index contributed by atoms with van der Waals surface area (Å²) in [4.78, 5) is 31.1. The van der Waals surface area contributed by atoms with Gasteiger partial charge in [0.2, 0.25) is 5.91 Å². The maximum atomic E-state index is 16.3. The monoisotopic (exact) mass is 623 g/mol. The fourth-order valence-electron chi connectivity index (χ4n) is 5.34. The second-order valence-corrected chi connectivity index (χ2v) is 12.8. The van der Waals surface area contributed by atoms with Crippen LogP contribution >= 0.6 is 0 Å². The molecular formula is C34H35F2N9O. The van der Waals surface area contributed by atoms with Crippen LogP contribution in [0.1, 0.15) is 27.2 Å². The van der Waals surface area contributed by atoms with E-state index in [1.807, 2.05) is 45.8 Å². The van der Waals surface area contributed by atoms with Gasteiger partial charge in [0, 0.05) is 54.3 Å². The number of hydrogen-bond acceptors (Lipinski definition) is 7. The van der Waals surface area contributed by atoms with E-state index in [2.05, 4.69) is 35.8 Å². The number of fused-ring (bicyclic) bond motifs is 2. The van der Waals surface area contributed by atoms with Crippen LogP contribution in [0.5, 0.6) is 0 Å². The number of carbonyl (C=O) groups is 1. The van der Waals surface area contributed by atoms with E-state index < -0.39 is 5.82 Å². The molecule has 6 rings (SSSR count). The lowest BCUT2D eigenvalue weighted by Gasteiger charge is -2.17. The molecular weight excluding hydrogens is 588 g/mol. The highest BCUT2D eigenvalue weighted by atomic mass is 19.1. The lowest BCUT2D eigenvalue weighted by Crippen LogP contribution is -2.20. The molecule has 0 aliphatic heterocycles. The Morgan fingerprint density at radius 2 is 1.78 bits per heavy atom. The highest BCUT2D eigenvalue weighted by molar-refractivity contribution is 5.98. The molecule has 0 aliphatic carbocycles. The molecule has 6 aromatic rings. The Bertz CT molecular complexity index is 2060. The van der Waals surface area contributed by atoms with Crippen LogP contribution in [-0.4, -0.2) is 68.1 Å². The summed E-state index contributed by atoms with van der Waals surface area (Å²) in [7, 11) is 3.95. The Morgan fingerprint density at radius 3 is 2.57 bits per heavy atom. The summed E-state index contributed by atoms with van der Waals surface area (Å²) in [5.41, 5.74) is 4.72. The van der Waals surface area contributed by atoms with Crippen molar-refractivity contribution in [2.24, 2.45) is 5.41 Å². The second-order valence-electron chi connectivity index (χ2n) is 12.8. The minimum Gasteiger partial charge on any atom is -0.384 e. The van der Waals surface area contributed by atoms with E-state index >= 15 is 4.39 Å². The largest absolute Gasteiger partial charge is 0.384 e. The molecule has 1 amide bonds. The lowest BCUT2D eigenvalue weighted by molar-refractivity contribution is -0.117. The van der Waals surface area contributed by atoms with Gasteiger partial charge in [0.25, 0.3) is 0 Å². The van der Waals surface area contributed by atoms with Crippen LogP contribution in [0.25, 0.3) is 55.8 Å². The molecule has 4 N–H and O–H groups in total. The van der Waals surface area contributed by atoms with Crippen LogP contribution in [0.2, 0.25) is 0 Å². The number of amides is 1. The molecule has 2 aromatic carbocycles. The molecule has 12 heteroatoms. The topological polar surface area (TPSA) is 128 Å². The number of benzene rings is 2. The number of H-pyrrole nitrogens is 2. The molecule has 0 fully saturated rings. The van der Waals surface area contributed by atoms with Crippen LogP contribution in [0.3, 0.4) is 0 Å². The van der Waals surface area contributed by atoms with Gasteiger partial charge >= 0.3 is 0 Å². The highest BCUT2D eigenvalue weighted by Gasteiger charge is 2.22. The fourth-order valence-corrected chi connectivity index (χ4v) is 5.34. The van der Waals surface area contributed by atoms with Crippen molar-refractivity contribution >= 4 is 39.3 Å². The van der Waals surface area contributed by atoms with Gasteiger partial charge in [-0.05, 0) is 67.5 Å². The predicted octanol–water partition coefficient (Wildman–Crippen LogP) is 6.86. The summed E-state index contributed by atoms with van der Waals surface area (Å²) in [5, 5.41) is 13.6. The number of imidazole rings is 1. The first-order valence-electron chi connectivity index (χ1n) is 14.9. The number of rotatable bonds is 9. The average molecular weight is 624 g/mol. The van der Waals surface area contributed by atoms with Crippen LogP contribution in [-0.2, 0) is 4.79 Å². The smallest absolute Gasteiger partial charge is 0.224 e. The number of hydrogen-bond donors (Lipinski definition) is 4. The lowest BCUT2D eigenvalue weighted by atomic mass is 9.92. The fraction of sp³-hybridized carbons (Fsp3) is 0.265. The van der Waals surface area contributed by atoms with Gasteiger partial charge in [-0.25, -0.2) is 18.7 Å². The third-order valence-electron chi connectivity index (χ3n) is 7.40. The first kappa shape index (κ1) is 30.8. The van der Waals surface area contributed by atoms with Crippen molar-refractivity contribution in [1.82, 2.24) is 35.0 Å². The number of carbonyl (C=O) groups excluding carboxylic acids is 1. The molecule has 10 nitrogen and oxygen atoms in total. The molecule has 0 spiro atoms. The zero-order valence-electron chi connectivity index (χ0n) is 26.3. The Morgan fingerprint density at radius 1 is 0.978 bits per heavy atom. The summed E-state index contributed by atoms with van der Waals surface area (Å²) in [6, 6.07) is 11.6. The second kappa shape index (κ2) is 12.3. The Kier molecular flexibility index (Phi) is 8.22. The van der Waals surface area contributed by atoms with Crippen molar-refractivity contribution in [3.8, 4) is 33.8 Å². The van der Waals surface area contributed by atoms with E-state index in [0.717, 1.165) is 6.54 Å². The van der Waals surface area contributed by atoms with Gasteiger partial charge in [-0.15, -0.1) is 0 Å². The molecule has 0 atom stereocenters. The third kappa shape index (κ3) is 6.57. The van der Waals surface area contributed by atoms with E-state index in [1.165, 1.54) is 18.3 Å². The Hall–Kier alpha value is -5.23. The first-order valence-corrected chi connectivity index (χ1v) is 14.9. The van der Waals surface area contributed by atoms with E-state index in [0.29, 0.717) is 69.1 Å².